The molecule has 3 rings (SSSR count). The number of fused-ring (bicyclic) bond motifs is 1. The van der Waals surface area contributed by atoms with E-state index in [1.54, 1.807) is 5.56 Å². The van der Waals surface area contributed by atoms with Crippen molar-refractivity contribution in [3.63, 3.8) is 0 Å². The number of hydrogen-bond acceptors (Lipinski definition) is 1. The number of para-hydroxylation sites is 1. The van der Waals surface area contributed by atoms with Crippen LogP contribution in [0.4, 0.5) is 5.69 Å². The summed E-state index contributed by atoms with van der Waals surface area (Å²) in [5.41, 5.74) is 3.06. The van der Waals surface area contributed by atoms with Gasteiger partial charge in [0.05, 0.1) is 0 Å². The third kappa shape index (κ3) is 1.52. The lowest BCUT2D eigenvalue weighted by atomic mass is 10.0. The molecule has 0 atom stereocenters. The van der Waals surface area contributed by atoms with Gasteiger partial charge in [-0.25, -0.2) is 0 Å². The molecule has 1 aliphatic carbocycles. The van der Waals surface area contributed by atoms with Crippen LogP contribution in [0.3, 0.4) is 0 Å². The summed E-state index contributed by atoms with van der Waals surface area (Å²) in [5.74, 6) is 1.00. The molecule has 0 saturated heterocycles. The Balaban J connectivity index is 1.85. The highest BCUT2D eigenvalue weighted by molar-refractivity contribution is 5.55. The average molecular weight is 187 g/mol. The second kappa shape index (κ2) is 3.30. The Labute approximate surface area is 85.7 Å². The molecular formula is C13H17N. The molecule has 1 saturated carbocycles. The first-order valence-corrected chi connectivity index (χ1v) is 5.76. The van der Waals surface area contributed by atoms with Gasteiger partial charge in [-0.15, -0.1) is 0 Å². The molecule has 0 aromatic heterocycles. The van der Waals surface area contributed by atoms with E-state index in [9.17, 15) is 0 Å². The largest absolute Gasteiger partial charge is 0.371 e. The summed E-state index contributed by atoms with van der Waals surface area (Å²) in [6.45, 7) is 2.57. The number of anilines is 1. The van der Waals surface area contributed by atoms with Gasteiger partial charge in [-0.05, 0) is 43.2 Å². The van der Waals surface area contributed by atoms with Gasteiger partial charge in [0, 0.05) is 18.8 Å². The van der Waals surface area contributed by atoms with Crippen molar-refractivity contribution in [3.05, 3.63) is 29.8 Å². The summed E-state index contributed by atoms with van der Waals surface area (Å²) >= 11 is 0. The van der Waals surface area contributed by atoms with Crippen LogP contribution in [0, 0.1) is 5.92 Å². The van der Waals surface area contributed by atoms with Crippen LogP contribution in [0.5, 0.6) is 0 Å². The van der Waals surface area contributed by atoms with Crippen LogP contribution in [0.25, 0.3) is 0 Å². The second-order valence-corrected chi connectivity index (χ2v) is 4.62. The highest BCUT2D eigenvalue weighted by Gasteiger charge is 2.26. The fourth-order valence-corrected chi connectivity index (χ4v) is 2.41. The van der Waals surface area contributed by atoms with Crippen LogP contribution in [-0.2, 0) is 6.42 Å². The van der Waals surface area contributed by atoms with Gasteiger partial charge in [0.15, 0.2) is 0 Å². The Morgan fingerprint density at radius 3 is 2.93 bits per heavy atom. The summed E-state index contributed by atoms with van der Waals surface area (Å²) in [6.07, 6.45) is 5.53. The zero-order chi connectivity index (χ0) is 9.38. The van der Waals surface area contributed by atoms with Gasteiger partial charge in [-0.3, -0.25) is 0 Å². The van der Waals surface area contributed by atoms with Crippen molar-refractivity contribution >= 4 is 5.69 Å². The summed E-state index contributed by atoms with van der Waals surface area (Å²) in [5, 5.41) is 0. The van der Waals surface area contributed by atoms with Gasteiger partial charge >= 0.3 is 0 Å². The standard InChI is InChI=1S/C13H17N/c1-2-6-13-12(4-1)5-3-9-14(13)10-11-7-8-11/h1-2,4,6,11H,3,5,7-10H2. The summed E-state index contributed by atoms with van der Waals surface area (Å²) in [7, 11) is 0. The van der Waals surface area contributed by atoms with E-state index >= 15 is 0 Å². The van der Waals surface area contributed by atoms with Gasteiger partial charge in [0.2, 0.25) is 0 Å². The van der Waals surface area contributed by atoms with E-state index in [0.717, 1.165) is 5.92 Å². The number of hydrogen-bond donors (Lipinski definition) is 0. The fourth-order valence-electron chi connectivity index (χ4n) is 2.41. The summed E-state index contributed by atoms with van der Waals surface area (Å²) < 4.78 is 0. The molecule has 1 heterocycles. The maximum absolute atomic E-state index is 2.59. The number of rotatable bonds is 2. The molecule has 2 aliphatic rings. The second-order valence-electron chi connectivity index (χ2n) is 4.62. The molecule has 0 N–H and O–H groups in total. The molecule has 0 unspecified atom stereocenters. The third-order valence-electron chi connectivity index (χ3n) is 3.38. The first-order chi connectivity index (χ1) is 6.93. The van der Waals surface area contributed by atoms with Gasteiger partial charge in [-0.2, -0.15) is 0 Å². The maximum atomic E-state index is 2.59. The van der Waals surface area contributed by atoms with E-state index in [2.05, 4.69) is 29.2 Å². The number of aryl methyl sites for hydroxylation is 1. The zero-order valence-electron chi connectivity index (χ0n) is 8.58. The summed E-state index contributed by atoms with van der Waals surface area (Å²) in [6, 6.07) is 8.91. The molecular weight excluding hydrogens is 170 g/mol. The van der Waals surface area contributed by atoms with E-state index in [0.29, 0.717) is 0 Å². The van der Waals surface area contributed by atoms with E-state index < -0.39 is 0 Å². The Kier molecular flexibility index (Phi) is 1.97. The van der Waals surface area contributed by atoms with E-state index in [4.69, 9.17) is 0 Å². The van der Waals surface area contributed by atoms with Crippen LogP contribution in [0.15, 0.2) is 24.3 Å². The highest BCUT2D eigenvalue weighted by atomic mass is 15.1. The first-order valence-electron chi connectivity index (χ1n) is 5.76. The fraction of sp³-hybridized carbons (Fsp3) is 0.538. The smallest absolute Gasteiger partial charge is 0.0398 e. The highest BCUT2D eigenvalue weighted by Crippen LogP contribution is 2.34. The average Bonchev–Trinajstić information content (AvgIpc) is 3.03. The van der Waals surface area contributed by atoms with Crippen molar-refractivity contribution in [3.8, 4) is 0 Å². The molecule has 1 aromatic carbocycles. The predicted octanol–water partition coefficient (Wildman–Crippen LogP) is 2.85. The first kappa shape index (κ1) is 8.34. The minimum Gasteiger partial charge on any atom is -0.371 e. The van der Waals surface area contributed by atoms with Crippen molar-refractivity contribution in [2.45, 2.75) is 25.7 Å². The van der Waals surface area contributed by atoms with Gasteiger partial charge in [0.1, 0.15) is 0 Å². The van der Waals surface area contributed by atoms with Crippen molar-refractivity contribution in [2.24, 2.45) is 5.92 Å². The number of nitrogens with zero attached hydrogens (tertiary/aromatic N) is 1. The SMILES string of the molecule is c1ccc2c(c1)CCCN2CC1CC1. The number of benzene rings is 1. The molecule has 1 fully saturated rings. The predicted molar refractivity (Wildman–Crippen MR) is 59.7 cm³/mol. The monoisotopic (exact) mass is 187 g/mol. The van der Waals surface area contributed by atoms with Gasteiger partial charge in [0.25, 0.3) is 0 Å². The molecule has 14 heavy (non-hydrogen) atoms. The molecule has 74 valence electrons. The molecule has 1 nitrogen and oxygen atoms in total. The van der Waals surface area contributed by atoms with Gasteiger partial charge in [-0.1, -0.05) is 18.2 Å². The minimum atomic E-state index is 1.00. The molecule has 0 radical (unpaired) electrons. The lowest BCUT2D eigenvalue weighted by Gasteiger charge is -2.31. The van der Waals surface area contributed by atoms with Gasteiger partial charge < -0.3 is 4.90 Å². The Morgan fingerprint density at radius 2 is 2.07 bits per heavy atom. The van der Waals surface area contributed by atoms with Crippen molar-refractivity contribution in [1.29, 1.82) is 0 Å². The molecule has 1 heteroatoms. The van der Waals surface area contributed by atoms with Crippen molar-refractivity contribution in [2.75, 3.05) is 18.0 Å². The van der Waals surface area contributed by atoms with E-state index in [1.165, 1.54) is 44.5 Å². The lowest BCUT2D eigenvalue weighted by molar-refractivity contribution is 0.658. The van der Waals surface area contributed by atoms with E-state index in [1.807, 2.05) is 0 Å². The Morgan fingerprint density at radius 1 is 1.21 bits per heavy atom. The van der Waals surface area contributed by atoms with Crippen molar-refractivity contribution in [1.82, 2.24) is 0 Å². The molecule has 1 aromatic rings. The van der Waals surface area contributed by atoms with Crippen LogP contribution in [0.1, 0.15) is 24.8 Å². The topological polar surface area (TPSA) is 3.24 Å². The minimum absolute atomic E-state index is 1.00. The molecule has 0 bridgehead atoms. The van der Waals surface area contributed by atoms with Crippen LogP contribution >= 0.6 is 0 Å². The van der Waals surface area contributed by atoms with E-state index in [-0.39, 0.29) is 0 Å². The maximum Gasteiger partial charge on any atom is 0.0398 e. The van der Waals surface area contributed by atoms with Crippen molar-refractivity contribution < 1.29 is 0 Å². The van der Waals surface area contributed by atoms with Crippen LogP contribution < -0.4 is 4.90 Å². The molecule has 0 amide bonds. The summed E-state index contributed by atoms with van der Waals surface area (Å²) in [4.78, 5) is 2.59. The quantitative estimate of drug-likeness (QED) is 0.688. The van der Waals surface area contributed by atoms with Crippen LogP contribution in [-0.4, -0.2) is 13.1 Å². The Hall–Kier alpha value is -0.980. The Bertz CT molecular complexity index is 328. The zero-order valence-corrected chi connectivity index (χ0v) is 8.58. The third-order valence-corrected chi connectivity index (χ3v) is 3.38. The lowest BCUT2D eigenvalue weighted by Crippen LogP contribution is -2.31. The normalized spacial score (nSPS) is 20.7. The molecule has 1 aliphatic heterocycles. The molecule has 0 spiro atoms. The van der Waals surface area contributed by atoms with Crippen LogP contribution in [0.2, 0.25) is 0 Å².